The molecule has 1 aromatic rings. The zero-order chi connectivity index (χ0) is 12.3. The lowest BCUT2D eigenvalue weighted by molar-refractivity contribution is -0.118. The molecule has 0 aliphatic carbocycles. The average Bonchev–Trinajstić information content (AvgIpc) is 2.84. The number of ketones is 1. The van der Waals surface area contributed by atoms with E-state index in [-0.39, 0.29) is 5.69 Å². The molecule has 0 spiro atoms. The number of carbonyl (C=O) groups excluding carboxylic acids is 1. The minimum Gasteiger partial charge on any atom is -0.309 e. The Morgan fingerprint density at radius 2 is 2.24 bits per heavy atom. The molecule has 17 heavy (non-hydrogen) atoms. The number of Topliss-reactive ketones (excluding diaryl/α,β-unsaturated/α-hetero) is 1. The lowest BCUT2D eigenvalue weighted by atomic mass is 10.1. The number of H-pyrrole nitrogens is 2. The Balaban J connectivity index is 1.78. The molecule has 94 valence electrons. The Labute approximate surface area is 105 Å². The van der Waals surface area contributed by atoms with Gasteiger partial charge in [0.05, 0.1) is 5.69 Å². The van der Waals surface area contributed by atoms with Gasteiger partial charge in [0.25, 0.3) is 0 Å². The number of aromatic amines is 2. The molecule has 0 saturated carbocycles. The minimum atomic E-state index is -0.0959. The Morgan fingerprint density at radius 3 is 3.00 bits per heavy atom. The Morgan fingerprint density at radius 1 is 1.41 bits per heavy atom. The van der Waals surface area contributed by atoms with E-state index in [1.165, 1.54) is 0 Å². The van der Waals surface area contributed by atoms with E-state index in [0.717, 1.165) is 36.4 Å². The summed E-state index contributed by atoms with van der Waals surface area (Å²) in [6, 6.07) is 0. The number of rotatable bonds is 6. The summed E-state index contributed by atoms with van der Waals surface area (Å²) in [5, 5.41) is 0.403. The van der Waals surface area contributed by atoms with Gasteiger partial charge in [0.15, 0.2) is 0 Å². The first-order valence-corrected chi connectivity index (χ1v) is 7.20. The van der Waals surface area contributed by atoms with E-state index >= 15 is 0 Å². The molecule has 2 heterocycles. The third-order valence-electron chi connectivity index (χ3n) is 3.15. The van der Waals surface area contributed by atoms with Gasteiger partial charge in [-0.15, -0.1) is 11.8 Å². The van der Waals surface area contributed by atoms with Crippen LogP contribution in [0, 0.1) is 0 Å². The highest BCUT2D eigenvalue weighted by atomic mass is 32.2. The number of fused-ring (bicyclic) bond motifs is 1. The Hall–Kier alpha value is -0.970. The second-order valence-electron chi connectivity index (χ2n) is 4.41. The van der Waals surface area contributed by atoms with Crippen molar-refractivity contribution < 1.29 is 4.79 Å². The van der Waals surface area contributed by atoms with Crippen molar-refractivity contribution in [3.63, 3.8) is 0 Å². The number of thioether (sulfide) groups is 1. The molecule has 5 heteroatoms. The number of hydrogen-bond acceptors (Lipinski definition) is 3. The first-order valence-electron chi connectivity index (χ1n) is 6.15. The van der Waals surface area contributed by atoms with Crippen molar-refractivity contribution in [3.05, 3.63) is 21.9 Å². The summed E-state index contributed by atoms with van der Waals surface area (Å²) in [4.78, 5) is 28.0. The number of hydrogen-bond donors (Lipinski definition) is 2. The lowest BCUT2D eigenvalue weighted by Gasteiger charge is -2.07. The summed E-state index contributed by atoms with van der Waals surface area (Å²) in [6.45, 7) is 1.91. The Bertz CT molecular complexity index is 450. The van der Waals surface area contributed by atoms with Crippen LogP contribution in [-0.4, -0.2) is 15.8 Å². The molecule has 1 aliphatic heterocycles. The molecule has 1 aromatic heterocycles. The molecule has 1 atom stereocenters. The highest BCUT2D eigenvalue weighted by molar-refractivity contribution is 7.99. The maximum atomic E-state index is 11.2. The van der Waals surface area contributed by atoms with Crippen LogP contribution in [0.4, 0.5) is 0 Å². The van der Waals surface area contributed by atoms with Gasteiger partial charge in [0.2, 0.25) is 0 Å². The molecule has 0 bridgehead atoms. The molecule has 0 saturated heterocycles. The molecular weight excluding hydrogens is 236 g/mol. The van der Waals surface area contributed by atoms with Gasteiger partial charge in [-0.1, -0.05) is 13.3 Å². The highest BCUT2D eigenvalue weighted by Crippen LogP contribution is 2.42. The monoisotopic (exact) mass is 254 g/mol. The van der Waals surface area contributed by atoms with Crippen LogP contribution in [0.5, 0.6) is 0 Å². The van der Waals surface area contributed by atoms with Crippen LogP contribution in [0.3, 0.4) is 0 Å². The van der Waals surface area contributed by atoms with Crippen LogP contribution in [0.25, 0.3) is 0 Å². The van der Waals surface area contributed by atoms with E-state index in [4.69, 9.17) is 0 Å². The molecule has 2 rings (SSSR count). The first-order chi connectivity index (χ1) is 8.20. The molecule has 0 amide bonds. The molecule has 0 fully saturated rings. The number of aromatic nitrogens is 2. The third kappa shape index (κ3) is 3.03. The number of imidazole rings is 1. The number of nitrogens with one attached hydrogen (secondary N) is 2. The fourth-order valence-corrected chi connectivity index (χ4v) is 3.44. The van der Waals surface area contributed by atoms with Gasteiger partial charge in [-0.05, 0) is 12.8 Å². The maximum Gasteiger partial charge on any atom is 0.323 e. The average molecular weight is 254 g/mol. The van der Waals surface area contributed by atoms with Crippen molar-refractivity contribution in [3.8, 4) is 0 Å². The number of carbonyl (C=O) groups is 1. The SMILES string of the molecule is CCC(=O)CCCCC1SCc2[nH]c(=O)[nH]c21. The molecule has 4 nitrogen and oxygen atoms in total. The Kier molecular flexibility index (Phi) is 4.10. The topological polar surface area (TPSA) is 65.7 Å². The normalized spacial score (nSPS) is 18.3. The van der Waals surface area contributed by atoms with Gasteiger partial charge in [-0.2, -0.15) is 0 Å². The van der Waals surface area contributed by atoms with Crippen LogP contribution in [0.2, 0.25) is 0 Å². The lowest BCUT2D eigenvalue weighted by Crippen LogP contribution is -2.03. The van der Waals surface area contributed by atoms with Crippen molar-refractivity contribution in [2.75, 3.05) is 0 Å². The van der Waals surface area contributed by atoms with Gasteiger partial charge in [0.1, 0.15) is 5.78 Å². The summed E-state index contributed by atoms with van der Waals surface area (Å²) in [6.07, 6.45) is 4.41. The van der Waals surface area contributed by atoms with Crippen molar-refractivity contribution in [2.45, 2.75) is 50.0 Å². The van der Waals surface area contributed by atoms with E-state index in [1.54, 1.807) is 0 Å². The van der Waals surface area contributed by atoms with Crippen LogP contribution in [0.1, 0.15) is 55.7 Å². The maximum absolute atomic E-state index is 11.2. The largest absolute Gasteiger partial charge is 0.323 e. The van der Waals surface area contributed by atoms with Gasteiger partial charge >= 0.3 is 5.69 Å². The summed E-state index contributed by atoms with van der Waals surface area (Å²) in [7, 11) is 0. The van der Waals surface area contributed by atoms with Crippen molar-refractivity contribution >= 4 is 17.5 Å². The summed E-state index contributed by atoms with van der Waals surface area (Å²) >= 11 is 1.86. The van der Waals surface area contributed by atoms with Crippen LogP contribution >= 0.6 is 11.8 Å². The molecule has 1 aliphatic rings. The van der Waals surface area contributed by atoms with Gasteiger partial charge < -0.3 is 9.97 Å². The van der Waals surface area contributed by atoms with Crippen molar-refractivity contribution in [1.29, 1.82) is 0 Å². The van der Waals surface area contributed by atoms with E-state index in [2.05, 4.69) is 9.97 Å². The smallest absolute Gasteiger partial charge is 0.309 e. The second kappa shape index (κ2) is 5.58. The van der Waals surface area contributed by atoms with Gasteiger partial charge in [-0.3, -0.25) is 4.79 Å². The molecule has 0 radical (unpaired) electrons. The van der Waals surface area contributed by atoms with Crippen molar-refractivity contribution in [2.24, 2.45) is 0 Å². The van der Waals surface area contributed by atoms with E-state index < -0.39 is 0 Å². The van der Waals surface area contributed by atoms with Crippen LogP contribution in [-0.2, 0) is 10.5 Å². The standard InChI is InChI=1S/C12H18N2O2S/c1-2-8(15)5-3-4-6-10-11-9(7-17-10)13-12(16)14-11/h10H,2-7H2,1H3,(H2,13,14,16). The van der Waals surface area contributed by atoms with E-state index in [0.29, 0.717) is 23.9 Å². The zero-order valence-electron chi connectivity index (χ0n) is 10.0. The van der Waals surface area contributed by atoms with Gasteiger partial charge in [0, 0.05) is 29.5 Å². The van der Waals surface area contributed by atoms with E-state index in [1.807, 2.05) is 18.7 Å². The molecular formula is C12H18N2O2S. The summed E-state index contributed by atoms with van der Waals surface area (Å²) in [5.74, 6) is 1.24. The van der Waals surface area contributed by atoms with Crippen LogP contribution in [0.15, 0.2) is 4.79 Å². The first kappa shape index (κ1) is 12.5. The van der Waals surface area contributed by atoms with Crippen LogP contribution < -0.4 is 5.69 Å². The summed E-state index contributed by atoms with van der Waals surface area (Å²) < 4.78 is 0. The zero-order valence-corrected chi connectivity index (χ0v) is 10.9. The van der Waals surface area contributed by atoms with E-state index in [9.17, 15) is 9.59 Å². The number of unbranched alkanes of at least 4 members (excludes halogenated alkanes) is 1. The highest BCUT2D eigenvalue weighted by Gasteiger charge is 2.25. The third-order valence-corrected chi connectivity index (χ3v) is 4.48. The predicted molar refractivity (Wildman–Crippen MR) is 69.2 cm³/mol. The predicted octanol–water partition coefficient (Wildman–Crippen LogP) is 2.53. The minimum absolute atomic E-state index is 0.0959. The molecule has 2 N–H and O–H groups in total. The second-order valence-corrected chi connectivity index (χ2v) is 5.60. The van der Waals surface area contributed by atoms with Gasteiger partial charge in [-0.25, -0.2) is 4.79 Å². The van der Waals surface area contributed by atoms with Crippen molar-refractivity contribution in [1.82, 2.24) is 9.97 Å². The fraction of sp³-hybridized carbons (Fsp3) is 0.667. The molecule has 0 aromatic carbocycles. The quantitative estimate of drug-likeness (QED) is 0.767. The fourth-order valence-electron chi connectivity index (χ4n) is 2.15. The summed E-state index contributed by atoms with van der Waals surface area (Å²) in [5.41, 5.74) is 2.03. The molecule has 1 unspecified atom stereocenters.